The summed E-state index contributed by atoms with van der Waals surface area (Å²) in [6.07, 6.45) is 10.5. The van der Waals surface area contributed by atoms with Gasteiger partial charge in [0, 0.05) is 0 Å². The molecule has 0 heterocycles. The molecule has 5 heteroatoms. The highest BCUT2D eigenvalue weighted by Gasteiger charge is 2.50. The van der Waals surface area contributed by atoms with Crippen LogP contribution in [0.4, 0.5) is 4.79 Å². The fourth-order valence-corrected chi connectivity index (χ4v) is 4.32. The maximum Gasteiger partial charge on any atom is 0.503 e. The minimum Gasteiger partial charge on any atom is -0.450 e. The van der Waals surface area contributed by atoms with Crippen molar-refractivity contribution in [2.75, 3.05) is 0 Å². The number of carbonyl (C=O) groups is 1. The highest BCUT2D eigenvalue weighted by molar-refractivity contribution is 5.53. The lowest BCUT2D eigenvalue weighted by molar-refractivity contribution is -0.453. The second-order valence-corrected chi connectivity index (χ2v) is 10.1. The van der Waals surface area contributed by atoms with Crippen LogP contribution in [0.3, 0.4) is 0 Å². The molecule has 2 aliphatic carbocycles. The van der Waals surface area contributed by atoms with Crippen molar-refractivity contribution in [2.24, 2.45) is 10.8 Å². The normalized spacial score (nSPS) is 22.8. The summed E-state index contributed by atoms with van der Waals surface area (Å²) in [5.74, 6) is 0. The molecule has 2 fully saturated rings. The van der Waals surface area contributed by atoms with E-state index in [1.54, 1.807) is 0 Å². The first kappa shape index (κ1) is 23.2. The maximum atomic E-state index is 8.56. The summed E-state index contributed by atoms with van der Waals surface area (Å²) >= 11 is 0. The molecule has 26 heavy (non-hydrogen) atoms. The van der Waals surface area contributed by atoms with Gasteiger partial charge in [0.1, 0.15) is 11.2 Å². The van der Waals surface area contributed by atoms with E-state index in [4.69, 9.17) is 24.8 Å². The van der Waals surface area contributed by atoms with Crippen LogP contribution in [-0.4, -0.2) is 27.6 Å². The maximum absolute atomic E-state index is 8.56. The Morgan fingerprint density at radius 3 is 1.08 bits per heavy atom. The van der Waals surface area contributed by atoms with E-state index in [2.05, 4.69) is 41.5 Å². The zero-order valence-electron chi connectivity index (χ0n) is 17.7. The Labute approximate surface area is 159 Å². The van der Waals surface area contributed by atoms with Crippen molar-refractivity contribution in [1.29, 1.82) is 0 Å². The van der Waals surface area contributed by atoms with Gasteiger partial charge in [0.15, 0.2) is 0 Å². The number of hydrogen-bond acceptors (Lipinski definition) is 3. The summed E-state index contributed by atoms with van der Waals surface area (Å²) in [4.78, 5) is 21.4. The molecule has 0 radical (unpaired) electrons. The largest absolute Gasteiger partial charge is 0.503 e. The van der Waals surface area contributed by atoms with Crippen LogP contribution in [0.5, 0.6) is 0 Å². The number of hydrogen-bond donors (Lipinski definition) is 2. The lowest BCUT2D eigenvalue weighted by atomic mass is 9.67. The Bertz CT molecular complexity index is 392. The van der Waals surface area contributed by atoms with Crippen LogP contribution in [0.25, 0.3) is 0 Å². The van der Waals surface area contributed by atoms with E-state index in [9.17, 15) is 0 Å². The van der Waals surface area contributed by atoms with Crippen molar-refractivity contribution in [1.82, 2.24) is 0 Å². The molecule has 0 bridgehead atoms. The van der Waals surface area contributed by atoms with Crippen LogP contribution in [0, 0.1) is 10.8 Å². The summed E-state index contributed by atoms with van der Waals surface area (Å²) in [5.41, 5.74) is 0.0320. The summed E-state index contributed by atoms with van der Waals surface area (Å²) in [6.45, 7) is 13.9. The van der Waals surface area contributed by atoms with Gasteiger partial charge in [-0.3, -0.25) is 0 Å². The van der Waals surface area contributed by atoms with E-state index in [1.807, 2.05) is 0 Å². The highest BCUT2D eigenvalue weighted by Crippen LogP contribution is 2.50. The molecule has 2 rings (SSSR count). The summed E-state index contributed by atoms with van der Waals surface area (Å²) in [7, 11) is 0. The van der Waals surface area contributed by atoms with Gasteiger partial charge < -0.3 is 10.2 Å². The Morgan fingerprint density at radius 1 is 0.654 bits per heavy atom. The van der Waals surface area contributed by atoms with Crippen molar-refractivity contribution >= 4 is 6.16 Å². The topological polar surface area (TPSA) is 76.0 Å². The van der Waals surface area contributed by atoms with Crippen LogP contribution >= 0.6 is 0 Å². The summed E-state index contributed by atoms with van der Waals surface area (Å²) in [5, 5.41) is 13.9. The van der Waals surface area contributed by atoms with Crippen LogP contribution in [0.15, 0.2) is 0 Å². The molecule has 0 aliphatic heterocycles. The molecule has 0 aromatic carbocycles. The minimum absolute atomic E-state index is 0.110. The molecule has 2 aliphatic rings. The van der Waals surface area contributed by atoms with Gasteiger partial charge in [-0.05, 0) is 36.5 Å². The number of rotatable bonds is 3. The molecule has 0 saturated heterocycles. The van der Waals surface area contributed by atoms with Gasteiger partial charge >= 0.3 is 6.16 Å². The molecule has 154 valence electrons. The minimum atomic E-state index is -1.83. The average molecular weight is 373 g/mol. The van der Waals surface area contributed by atoms with Crippen molar-refractivity contribution in [2.45, 2.75) is 117 Å². The molecule has 2 N–H and O–H groups in total. The zero-order chi connectivity index (χ0) is 20.1. The highest BCUT2D eigenvalue weighted by atomic mass is 17.2. The lowest BCUT2D eigenvalue weighted by Crippen LogP contribution is -2.53. The fraction of sp³-hybridized carbons (Fsp3) is 0.952. The van der Waals surface area contributed by atoms with Crippen molar-refractivity contribution in [3.63, 3.8) is 0 Å². The van der Waals surface area contributed by atoms with Crippen molar-refractivity contribution < 1.29 is 24.8 Å². The third kappa shape index (κ3) is 5.85. The van der Waals surface area contributed by atoms with E-state index >= 15 is 0 Å². The Kier molecular flexibility index (Phi) is 7.97. The quantitative estimate of drug-likeness (QED) is 0.428. The molecular weight excluding hydrogens is 332 g/mol. The Balaban J connectivity index is 0.000000765. The first-order valence-electron chi connectivity index (χ1n) is 10.1. The van der Waals surface area contributed by atoms with E-state index < -0.39 is 6.16 Å². The molecule has 0 atom stereocenters. The summed E-state index contributed by atoms with van der Waals surface area (Å²) in [6, 6.07) is 0. The Morgan fingerprint density at radius 2 is 0.885 bits per heavy atom. The zero-order valence-corrected chi connectivity index (χ0v) is 17.7. The van der Waals surface area contributed by atoms with Gasteiger partial charge in [0.25, 0.3) is 0 Å². The van der Waals surface area contributed by atoms with E-state index in [0.717, 1.165) is 25.7 Å². The third-order valence-electron chi connectivity index (χ3n) is 6.42. The smallest absolute Gasteiger partial charge is 0.450 e. The van der Waals surface area contributed by atoms with Crippen LogP contribution in [0.2, 0.25) is 0 Å². The lowest BCUT2D eigenvalue weighted by Gasteiger charge is -2.51. The second kappa shape index (κ2) is 8.92. The molecule has 0 aromatic heterocycles. The van der Waals surface area contributed by atoms with Gasteiger partial charge in [0.05, 0.1) is 0 Å². The SMILES string of the molecule is CC(C)(C)C1(OOC2(C(C)(C)C)CCCCC2)CCCCC1.O=C(O)O. The van der Waals surface area contributed by atoms with Gasteiger partial charge in [0.2, 0.25) is 0 Å². The molecular formula is C21H40O5. The Hall–Kier alpha value is -0.810. The van der Waals surface area contributed by atoms with Gasteiger partial charge in [-0.15, -0.1) is 0 Å². The first-order chi connectivity index (χ1) is 11.9. The van der Waals surface area contributed by atoms with Crippen molar-refractivity contribution in [3.8, 4) is 0 Å². The van der Waals surface area contributed by atoms with Crippen LogP contribution in [0.1, 0.15) is 106 Å². The molecule has 2 saturated carbocycles. The molecule has 0 spiro atoms. The van der Waals surface area contributed by atoms with Crippen LogP contribution < -0.4 is 0 Å². The van der Waals surface area contributed by atoms with E-state index in [0.29, 0.717) is 0 Å². The van der Waals surface area contributed by atoms with E-state index in [1.165, 1.54) is 38.5 Å². The third-order valence-corrected chi connectivity index (χ3v) is 6.42. The fourth-order valence-electron chi connectivity index (χ4n) is 4.32. The molecule has 5 nitrogen and oxygen atoms in total. The predicted molar refractivity (Wildman–Crippen MR) is 103 cm³/mol. The van der Waals surface area contributed by atoms with E-state index in [-0.39, 0.29) is 22.0 Å². The molecule has 0 amide bonds. The number of carboxylic acid groups (broad SMARTS) is 2. The molecule has 0 unspecified atom stereocenters. The average Bonchev–Trinajstić information content (AvgIpc) is 2.52. The first-order valence-corrected chi connectivity index (χ1v) is 10.1. The summed E-state index contributed by atoms with van der Waals surface area (Å²) < 4.78 is 0. The van der Waals surface area contributed by atoms with Crippen LogP contribution in [-0.2, 0) is 9.78 Å². The predicted octanol–water partition coefficient (Wildman–Crippen LogP) is 6.66. The second-order valence-electron chi connectivity index (χ2n) is 10.1. The van der Waals surface area contributed by atoms with Gasteiger partial charge in [-0.25, -0.2) is 14.6 Å². The monoisotopic (exact) mass is 372 g/mol. The van der Waals surface area contributed by atoms with Gasteiger partial charge in [-0.1, -0.05) is 80.1 Å². The molecule has 0 aromatic rings. The standard InChI is InChI=1S/C20H38O2.CH2O3/c1-17(2,3)19(13-9-7-10-14-19)21-22-20(18(4,5)6)15-11-8-12-16-20;2-1(3)4/h7-16H2,1-6H3;(H2,2,3,4). The van der Waals surface area contributed by atoms with Gasteiger partial charge in [-0.2, -0.15) is 0 Å². The van der Waals surface area contributed by atoms with Crippen molar-refractivity contribution in [3.05, 3.63) is 0 Å².